The molecular weight excluding hydrogens is 170 g/mol. The lowest BCUT2D eigenvalue weighted by molar-refractivity contribution is 0.658. The van der Waals surface area contributed by atoms with Crippen LogP contribution >= 0.6 is 11.8 Å². The number of hydrogen-bond acceptors (Lipinski definition) is 3. The van der Waals surface area contributed by atoms with Crippen LogP contribution in [0.15, 0.2) is 12.5 Å². The molecule has 3 nitrogen and oxygen atoms in total. The summed E-state index contributed by atoms with van der Waals surface area (Å²) in [6.45, 7) is 3.76. The van der Waals surface area contributed by atoms with Crippen molar-refractivity contribution in [1.29, 1.82) is 0 Å². The first-order valence-corrected chi connectivity index (χ1v) is 5.28. The van der Waals surface area contributed by atoms with Gasteiger partial charge < -0.3 is 10.3 Å². The molecule has 12 heavy (non-hydrogen) atoms. The Morgan fingerprint density at radius 1 is 1.75 bits per heavy atom. The molecule has 1 aromatic heterocycles. The monoisotopic (exact) mass is 185 g/mol. The zero-order valence-electron chi connectivity index (χ0n) is 7.53. The lowest BCUT2D eigenvalue weighted by Gasteiger charge is -2.10. The molecule has 4 heteroatoms. The summed E-state index contributed by atoms with van der Waals surface area (Å²) >= 11 is 1.85. The Labute approximate surface area is 77.4 Å². The second-order valence-electron chi connectivity index (χ2n) is 2.79. The Balaban J connectivity index is 2.61. The van der Waals surface area contributed by atoms with Gasteiger partial charge in [0, 0.05) is 24.5 Å². The third-order valence-electron chi connectivity index (χ3n) is 1.86. The summed E-state index contributed by atoms with van der Waals surface area (Å²) in [7, 11) is 0. The molecule has 0 aliphatic heterocycles. The third kappa shape index (κ3) is 2.25. The molecular formula is C8H15N3S. The smallest absolute Gasteiger partial charge is 0.0948 e. The molecule has 0 radical (unpaired) electrons. The van der Waals surface area contributed by atoms with E-state index < -0.39 is 0 Å². The summed E-state index contributed by atoms with van der Waals surface area (Å²) in [5.74, 6) is 0. The van der Waals surface area contributed by atoms with Crippen LogP contribution in [-0.4, -0.2) is 21.1 Å². The van der Waals surface area contributed by atoms with Gasteiger partial charge in [-0.05, 0) is 6.26 Å². The van der Waals surface area contributed by atoms with E-state index in [0.29, 0.717) is 11.8 Å². The normalized spacial score (nSPS) is 13.2. The molecule has 0 spiro atoms. The van der Waals surface area contributed by atoms with Crippen molar-refractivity contribution < 1.29 is 0 Å². The van der Waals surface area contributed by atoms with Crippen LogP contribution in [-0.2, 0) is 13.1 Å². The second-order valence-corrected chi connectivity index (χ2v) is 4.06. The lowest BCUT2D eigenvalue weighted by atomic mass is 10.4. The van der Waals surface area contributed by atoms with E-state index in [0.717, 1.165) is 12.2 Å². The Bertz CT molecular complexity index is 234. The number of hydrogen-bond donors (Lipinski definition) is 1. The molecule has 1 heterocycles. The van der Waals surface area contributed by atoms with Crippen LogP contribution in [0.4, 0.5) is 0 Å². The number of aromatic nitrogens is 2. The van der Waals surface area contributed by atoms with E-state index in [1.54, 1.807) is 0 Å². The first kappa shape index (κ1) is 9.61. The highest BCUT2D eigenvalue weighted by molar-refractivity contribution is 7.99. The molecule has 68 valence electrons. The number of rotatable bonds is 4. The molecule has 0 aromatic carbocycles. The summed E-state index contributed by atoms with van der Waals surface area (Å²) in [6.07, 6.45) is 5.78. The lowest BCUT2D eigenvalue weighted by Crippen LogP contribution is -2.12. The van der Waals surface area contributed by atoms with Gasteiger partial charge in [-0.1, -0.05) is 6.92 Å². The van der Waals surface area contributed by atoms with E-state index in [2.05, 4.69) is 22.7 Å². The summed E-state index contributed by atoms with van der Waals surface area (Å²) in [5.41, 5.74) is 6.65. The highest BCUT2D eigenvalue weighted by Gasteiger charge is 2.03. The van der Waals surface area contributed by atoms with Crippen molar-refractivity contribution in [2.24, 2.45) is 5.73 Å². The van der Waals surface area contributed by atoms with Crippen LogP contribution in [0.1, 0.15) is 12.6 Å². The van der Waals surface area contributed by atoms with E-state index in [9.17, 15) is 0 Å². The van der Waals surface area contributed by atoms with Gasteiger partial charge in [0.2, 0.25) is 0 Å². The van der Waals surface area contributed by atoms with Crippen molar-refractivity contribution in [3.63, 3.8) is 0 Å². The standard InChI is InChI=1S/C8H15N3S/c1-7(12-2)5-11-6-10-4-8(11)3-9/h4,6-7H,3,5,9H2,1-2H3. The molecule has 0 saturated heterocycles. The average Bonchev–Trinajstić information content (AvgIpc) is 2.51. The highest BCUT2D eigenvalue weighted by atomic mass is 32.2. The zero-order chi connectivity index (χ0) is 8.97. The van der Waals surface area contributed by atoms with Crippen LogP contribution in [0.5, 0.6) is 0 Å². The molecule has 0 bridgehead atoms. The first-order valence-electron chi connectivity index (χ1n) is 3.99. The maximum atomic E-state index is 5.54. The highest BCUT2D eigenvalue weighted by Crippen LogP contribution is 2.09. The van der Waals surface area contributed by atoms with Crippen molar-refractivity contribution in [3.05, 3.63) is 18.2 Å². The van der Waals surface area contributed by atoms with E-state index in [1.165, 1.54) is 0 Å². The molecule has 2 N–H and O–H groups in total. The van der Waals surface area contributed by atoms with Crippen LogP contribution in [0.25, 0.3) is 0 Å². The van der Waals surface area contributed by atoms with Gasteiger partial charge in [0.15, 0.2) is 0 Å². The fourth-order valence-corrected chi connectivity index (χ4v) is 1.34. The SMILES string of the molecule is CSC(C)Cn1cncc1CN. The molecule has 0 aliphatic rings. The maximum Gasteiger partial charge on any atom is 0.0948 e. The minimum atomic E-state index is 0.571. The second kappa shape index (κ2) is 4.52. The summed E-state index contributed by atoms with van der Waals surface area (Å²) < 4.78 is 2.11. The summed E-state index contributed by atoms with van der Waals surface area (Å²) in [5, 5.41) is 0.615. The van der Waals surface area contributed by atoms with E-state index in [-0.39, 0.29) is 0 Å². The fourth-order valence-electron chi connectivity index (χ4n) is 1.03. The quantitative estimate of drug-likeness (QED) is 0.763. The van der Waals surface area contributed by atoms with Crippen molar-refractivity contribution in [1.82, 2.24) is 9.55 Å². The number of imidazole rings is 1. The van der Waals surface area contributed by atoms with Gasteiger partial charge >= 0.3 is 0 Å². The largest absolute Gasteiger partial charge is 0.332 e. The zero-order valence-corrected chi connectivity index (χ0v) is 8.34. The minimum Gasteiger partial charge on any atom is -0.332 e. The van der Waals surface area contributed by atoms with Crippen molar-refractivity contribution >= 4 is 11.8 Å². The van der Waals surface area contributed by atoms with Crippen LogP contribution in [0.2, 0.25) is 0 Å². The van der Waals surface area contributed by atoms with Gasteiger partial charge in [0.1, 0.15) is 0 Å². The summed E-state index contributed by atoms with van der Waals surface area (Å²) in [4.78, 5) is 4.05. The van der Waals surface area contributed by atoms with Crippen molar-refractivity contribution in [2.75, 3.05) is 6.26 Å². The van der Waals surface area contributed by atoms with E-state index >= 15 is 0 Å². The molecule has 0 aliphatic carbocycles. The molecule has 0 amide bonds. The minimum absolute atomic E-state index is 0.571. The predicted octanol–water partition coefficient (Wildman–Crippen LogP) is 1.09. The van der Waals surface area contributed by atoms with E-state index in [1.807, 2.05) is 24.3 Å². The number of nitrogens with zero attached hydrogens (tertiary/aromatic N) is 2. The topological polar surface area (TPSA) is 43.8 Å². The number of thioether (sulfide) groups is 1. The number of nitrogens with two attached hydrogens (primary N) is 1. The van der Waals surface area contributed by atoms with E-state index in [4.69, 9.17) is 5.73 Å². The van der Waals surface area contributed by atoms with Gasteiger partial charge in [0.25, 0.3) is 0 Å². The Kier molecular flexibility index (Phi) is 3.62. The van der Waals surface area contributed by atoms with Gasteiger partial charge in [0.05, 0.1) is 12.0 Å². The predicted molar refractivity (Wildman–Crippen MR) is 53.1 cm³/mol. The van der Waals surface area contributed by atoms with Crippen LogP contribution in [0.3, 0.4) is 0 Å². The van der Waals surface area contributed by atoms with Crippen LogP contribution in [0, 0.1) is 0 Å². The van der Waals surface area contributed by atoms with Crippen molar-refractivity contribution in [3.8, 4) is 0 Å². The van der Waals surface area contributed by atoms with Gasteiger partial charge in [-0.2, -0.15) is 11.8 Å². The molecule has 0 saturated carbocycles. The van der Waals surface area contributed by atoms with Crippen molar-refractivity contribution in [2.45, 2.75) is 25.3 Å². The average molecular weight is 185 g/mol. The Morgan fingerprint density at radius 3 is 3.08 bits per heavy atom. The Morgan fingerprint density at radius 2 is 2.50 bits per heavy atom. The first-order chi connectivity index (χ1) is 5.77. The third-order valence-corrected chi connectivity index (χ3v) is 2.82. The molecule has 1 rings (SSSR count). The maximum absolute atomic E-state index is 5.54. The van der Waals surface area contributed by atoms with Gasteiger partial charge in [-0.3, -0.25) is 0 Å². The summed E-state index contributed by atoms with van der Waals surface area (Å²) in [6, 6.07) is 0. The molecule has 0 fully saturated rings. The fraction of sp³-hybridized carbons (Fsp3) is 0.625. The Hall–Kier alpha value is -0.480. The molecule has 1 atom stereocenters. The van der Waals surface area contributed by atoms with Gasteiger partial charge in [-0.25, -0.2) is 4.98 Å². The molecule has 1 aromatic rings. The molecule has 1 unspecified atom stereocenters. The van der Waals surface area contributed by atoms with Gasteiger partial charge in [-0.15, -0.1) is 0 Å². The van der Waals surface area contributed by atoms with Crippen LogP contribution < -0.4 is 5.73 Å².